The van der Waals surface area contributed by atoms with Crippen molar-refractivity contribution in [3.63, 3.8) is 0 Å². The molecule has 5 heteroatoms. The molecule has 23 heavy (non-hydrogen) atoms. The van der Waals surface area contributed by atoms with Gasteiger partial charge in [0.05, 0.1) is 5.52 Å². The highest BCUT2D eigenvalue weighted by Gasteiger charge is 2.16. The summed E-state index contributed by atoms with van der Waals surface area (Å²) < 4.78 is 1.59. The Morgan fingerprint density at radius 3 is 2.39 bits per heavy atom. The standard InChI is InChI=1S/C18H24N2O3/c1-5-19(6-2)14-8-7-13-9-15(18(22)23)17(21)20(11-12(3)4)16(13)10-14/h7-10,12H,5-6,11H2,1-4H3,(H,22,23). The Balaban J connectivity index is 2.76. The van der Waals surface area contributed by atoms with E-state index in [2.05, 4.69) is 18.7 Å². The Morgan fingerprint density at radius 2 is 1.87 bits per heavy atom. The van der Waals surface area contributed by atoms with Gasteiger partial charge in [-0.1, -0.05) is 19.9 Å². The van der Waals surface area contributed by atoms with Gasteiger partial charge in [-0.3, -0.25) is 4.79 Å². The van der Waals surface area contributed by atoms with Gasteiger partial charge in [-0.25, -0.2) is 4.79 Å². The average molecular weight is 316 g/mol. The van der Waals surface area contributed by atoms with Gasteiger partial charge in [-0.15, -0.1) is 0 Å². The molecule has 0 radical (unpaired) electrons. The summed E-state index contributed by atoms with van der Waals surface area (Å²) in [6.07, 6.45) is 0. The molecule has 0 saturated heterocycles. The molecule has 0 spiro atoms. The number of fused-ring (bicyclic) bond motifs is 1. The molecular formula is C18H24N2O3. The third-order valence-electron chi connectivity index (χ3n) is 3.99. The minimum atomic E-state index is -1.18. The van der Waals surface area contributed by atoms with Gasteiger partial charge < -0.3 is 14.6 Å². The normalized spacial score (nSPS) is 11.2. The van der Waals surface area contributed by atoms with Crippen molar-refractivity contribution in [3.8, 4) is 0 Å². The van der Waals surface area contributed by atoms with Crippen molar-refractivity contribution in [2.75, 3.05) is 18.0 Å². The molecule has 1 aromatic heterocycles. The molecule has 124 valence electrons. The molecule has 1 aromatic carbocycles. The molecule has 0 bridgehead atoms. The number of hydrogen-bond donors (Lipinski definition) is 1. The summed E-state index contributed by atoms with van der Waals surface area (Å²) in [4.78, 5) is 26.1. The third-order valence-corrected chi connectivity index (χ3v) is 3.99. The zero-order chi connectivity index (χ0) is 17.1. The van der Waals surface area contributed by atoms with E-state index in [-0.39, 0.29) is 11.5 Å². The Morgan fingerprint density at radius 1 is 1.22 bits per heavy atom. The predicted molar refractivity (Wildman–Crippen MR) is 93.6 cm³/mol. The van der Waals surface area contributed by atoms with Crippen molar-refractivity contribution in [2.45, 2.75) is 34.2 Å². The summed E-state index contributed by atoms with van der Waals surface area (Å²) in [7, 11) is 0. The van der Waals surface area contributed by atoms with Crippen LogP contribution in [0.3, 0.4) is 0 Å². The van der Waals surface area contributed by atoms with Crippen molar-refractivity contribution >= 4 is 22.6 Å². The molecule has 0 aliphatic heterocycles. The maximum Gasteiger partial charge on any atom is 0.341 e. The highest BCUT2D eigenvalue weighted by molar-refractivity contribution is 5.93. The topological polar surface area (TPSA) is 62.5 Å². The van der Waals surface area contributed by atoms with E-state index in [1.54, 1.807) is 4.57 Å². The second-order valence-corrected chi connectivity index (χ2v) is 6.09. The number of nitrogens with zero attached hydrogens (tertiary/aromatic N) is 2. The number of aromatic carboxylic acids is 1. The van der Waals surface area contributed by atoms with E-state index in [1.807, 2.05) is 32.0 Å². The molecule has 5 nitrogen and oxygen atoms in total. The van der Waals surface area contributed by atoms with Crippen LogP contribution in [0.2, 0.25) is 0 Å². The highest BCUT2D eigenvalue weighted by Crippen LogP contribution is 2.23. The number of anilines is 1. The van der Waals surface area contributed by atoms with Gasteiger partial charge in [0, 0.05) is 25.3 Å². The molecule has 1 N–H and O–H groups in total. The van der Waals surface area contributed by atoms with Crippen molar-refractivity contribution in [1.29, 1.82) is 0 Å². The van der Waals surface area contributed by atoms with Crippen LogP contribution in [-0.2, 0) is 6.54 Å². The van der Waals surface area contributed by atoms with Crippen molar-refractivity contribution in [2.24, 2.45) is 5.92 Å². The van der Waals surface area contributed by atoms with Crippen LogP contribution in [0.15, 0.2) is 29.1 Å². The molecule has 2 rings (SSSR count). The van der Waals surface area contributed by atoms with Gasteiger partial charge in [0.1, 0.15) is 5.56 Å². The summed E-state index contributed by atoms with van der Waals surface area (Å²) in [6, 6.07) is 7.33. The molecule has 1 heterocycles. The van der Waals surface area contributed by atoms with Crippen LogP contribution in [0.5, 0.6) is 0 Å². The number of hydrogen-bond acceptors (Lipinski definition) is 3. The van der Waals surface area contributed by atoms with Crippen LogP contribution in [0.4, 0.5) is 5.69 Å². The number of carboxylic acids is 1. The molecule has 0 unspecified atom stereocenters. The molecule has 0 aliphatic rings. The van der Waals surface area contributed by atoms with E-state index < -0.39 is 11.5 Å². The van der Waals surface area contributed by atoms with E-state index in [0.717, 1.165) is 29.7 Å². The van der Waals surface area contributed by atoms with Crippen LogP contribution in [0, 0.1) is 5.92 Å². The van der Waals surface area contributed by atoms with E-state index in [0.29, 0.717) is 6.54 Å². The number of carbonyl (C=O) groups is 1. The zero-order valence-corrected chi connectivity index (χ0v) is 14.2. The van der Waals surface area contributed by atoms with Gasteiger partial charge in [-0.05, 0) is 43.4 Å². The molecule has 0 saturated carbocycles. The lowest BCUT2D eigenvalue weighted by molar-refractivity contribution is 0.0694. The summed E-state index contributed by atoms with van der Waals surface area (Å²) in [5.74, 6) is -0.931. The van der Waals surface area contributed by atoms with Gasteiger partial charge in [0.2, 0.25) is 0 Å². The third kappa shape index (κ3) is 3.38. The Bertz CT molecular complexity index is 774. The Labute approximate surface area is 136 Å². The molecule has 0 fully saturated rings. The van der Waals surface area contributed by atoms with Crippen LogP contribution in [0.1, 0.15) is 38.1 Å². The number of benzene rings is 1. The first-order valence-electron chi connectivity index (χ1n) is 8.04. The van der Waals surface area contributed by atoms with Crippen molar-refractivity contribution < 1.29 is 9.90 Å². The Kier molecular flexibility index (Phi) is 5.08. The summed E-state index contributed by atoms with van der Waals surface area (Å²) in [5.41, 5.74) is 1.23. The molecule has 0 amide bonds. The van der Waals surface area contributed by atoms with E-state index in [9.17, 15) is 14.7 Å². The maximum atomic E-state index is 12.5. The van der Waals surface area contributed by atoms with Crippen LogP contribution >= 0.6 is 0 Å². The number of pyridine rings is 1. The van der Waals surface area contributed by atoms with Crippen LogP contribution in [0.25, 0.3) is 10.9 Å². The first-order valence-corrected chi connectivity index (χ1v) is 8.04. The van der Waals surface area contributed by atoms with E-state index >= 15 is 0 Å². The Hall–Kier alpha value is -2.30. The van der Waals surface area contributed by atoms with E-state index in [4.69, 9.17) is 0 Å². The fourth-order valence-corrected chi connectivity index (χ4v) is 2.84. The lowest BCUT2D eigenvalue weighted by Crippen LogP contribution is -2.28. The molecular weight excluding hydrogens is 292 g/mol. The number of carboxylic acid groups (broad SMARTS) is 1. The highest BCUT2D eigenvalue weighted by atomic mass is 16.4. The second kappa shape index (κ2) is 6.86. The minimum absolute atomic E-state index is 0.172. The molecule has 0 aliphatic carbocycles. The monoisotopic (exact) mass is 316 g/mol. The largest absolute Gasteiger partial charge is 0.477 e. The van der Waals surface area contributed by atoms with Crippen molar-refractivity contribution in [1.82, 2.24) is 4.57 Å². The minimum Gasteiger partial charge on any atom is -0.477 e. The molecule has 2 aromatic rings. The van der Waals surface area contributed by atoms with Gasteiger partial charge >= 0.3 is 5.97 Å². The quantitative estimate of drug-likeness (QED) is 0.889. The molecule has 0 atom stereocenters. The lowest BCUT2D eigenvalue weighted by Gasteiger charge is -2.22. The fourth-order valence-electron chi connectivity index (χ4n) is 2.84. The first-order chi connectivity index (χ1) is 10.9. The van der Waals surface area contributed by atoms with Gasteiger partial charge in [0.25, 0.3) is 5.56 Å². The van der Waals surface area contributed by atoms with Crippen LogP contribution in [-0.4, -0.2) is 28.7 Å². The fraction of sp³-hybridized carbons (Fsp3) is 0.444. The summed E-state index contributed by atoms with van der Waals surface area (Å²) in [6.45, 7) is 10.5. The summed E-state index contributed by atoms with van der Waals surface area (Å²) in [5, 5.41) is 10.1. The number of aromatic nitrogens is 1. The zero-order valence-electron chi connectivity index (χ0n) is 14.2. The van der Waals surface area contributed by atoms with Gasteiger partial charge in [0.15, 0.2) is 0 Å². The van der Waals surface area contributed by atoms with E-state index in [1.165, 1.54) is 6.07 Å². The van der Waals surface area contributed by atoms with Crippen molar-refractivity contribution in [3.05, 3.63) is 40.2 Å². The van der Waals surface area contributed by atoms with Crippen LogP contribution < -0.4 is 10.5 Å². The van der Waals surface area contributed by atoms with Gasteiger partial charge in [-0.2, -0.15) is 0 Å². The first kappa shape index (κ1) is 17.1. The maximum absolute atomic E-state index is 12.5. The smallest absolute Gasteiger partial charge is 0.341 e. The summed E-state index contributed by atoms with van der Waals surface area (Å²) >= 11 is 0. The predicted octanol–water partition coefficient (Wildman–Crippen LogP) is 3.20. The SMILES string of the molecule is CCN(CC)c1ccc2cc(C(=O)O)c(=O)n(CC(C)C)c2c1. The average Bonchev–Trinajstić information content (AvgIpc) is 2.50. The second-order valence-electron chi connectivity index (χ2n) is 6.09. The lowest BCUT2D eigenvalue weighted by atomic mass is 10.1. The number of rotatable bonds is 6.